The van der Waals surface area contributed by atoms with Crippen LogP contribution in [0.5, 0.6) is 0 Å². The van der Waals surface area contributed by atoms with Gasteiger partial charge in [0.25, 0.3) is 0 Å². The van der Waals surface area contributed by atoms with Crippen LogP contribution in [0.1, 0.15) is 24.3 Å². The Morgan fingerprint density at radius 1 is 1.57 bits per heavy atom. The molecule has 0 atom stereocenters. The summed E-state index contributed by atoms with van der Waals surface area (Å²) in [5.41, 5.74) is 7.49. The number of thiophene rings is 1. The molecule has 0 saturated heterocycles. The van der Waals surface area contributed by atoms with Gasteiger partial charge in [-0.2, -0.15) is 0 Å². The van der Waals surface area contributed by atoms with Crippen LogP contribution in [0, 0.1) is 0 Å². The number of hydrogen-bond acceptors (Lipinski definition) is 3. The Kier molecular flexibility index (Phi) is 2.64. The number of nitrogens with two attached hydrogens (primary N) is 1. The number of nitrogens with zero attached hydrogens (tertiary/aromatic N) is 1. The molecule has 0 fully saturated rings. The molecule has 2 nitrogen and oxygen atoms in total. The average molecular weight is 210 g/mol. The summed E-state index contributed by atoms with van der Waals surface area (Å²) >= 11 is 1.87. The first kappa shape index (κ1) is 10.1. The minimum Gasteiger partial charge on any atom is -0.324 e. The maximum Gasteiger partial charge on any atom is 0.0331 e. The van der Waals surface area contributed by atoms with Crippen molar-refractivity contribution in [2.75, 3.05) is 13.1 Å². The Morgan fingerprint density at radius 3 is 3.07 bits per heavy atom. The van der Waals surface area contributed by atoms with Crippen molar-refractivity contribution >= 4 is 11.3 Å². The van der Waals surface area contributed by atoms with Crippen LogP contribution in [0.3, 0.4) is 0 Å². The highest BCUT2D eigenvalue weighted by Crippen LogP contribution is 2.24. The molecule has 1 aromatic heterocycles. The van der Waals surface area contributed by atoms with Gasteiger partial charge in [-0.3, -0.25) is 4.90 Å². The van der Waals surface area contributed by atoms with Gasteiger partial charge in [0.2, 0.25) is 0 Å². The molecule has 0 spiro atoms. The summed E-state index contributed by atoms with van der Waals surface area (Å²) < 4.78 is 0. The number of fused-ring (bicyclic) bond motifs is 1. The highest BCUT2D eigenvalue weighted by molar-refractivity contribution is 7.10. The van der Waals surface area contributed by atoms with Crippen LogP contribution in [-0.2, 0) is 13.0 Å². The normalized spacial score (nSPS) is 18.2. The van der Waals surface area contributed by atoms with Crippen LogP contribution < -0.4 is 5.73 Å². The zero-order valence-electron chi connectivity index (χ0n) is 8.92. The van der Waals surface area contributed by atoms with E-state index in [2.05, 4.69) is 30.2 Å². The molecule has 1 aliphatic rings. The lowest BCUT2D eigenvalue weighted by molar-refractivity contribution is 0.212. The van der Waals surface area contributed by atoms with Crippen molar-refractivity contribution in [3.05, 3.63) is 21.9 Å². The van der Waals surface area contributed by atoms with E-state index < -0.39 is 0 Å². The molecular formula is C11H18N2S. The van der Waals surface area contributed by atoms with Crippen molar-refractivity contribution in [1.29, 1.82) is 0 Å². The average Bonchev–Trinajstić information content (AvgIpc) is 2.47. The molecule has 0 aromatic carbocycles. The van der Waals surface area contributed by atoms with E-state index >= 15 is 0 Å². The molecule has 2 N–H and O–H groups in total. The molecule has 0 unspecified atom stereocenters. The van der Waals surface area contributed by atoms with E-state index in [1.165, 1.54) is 11.3 Å². The fourth-order valence-corrected chi connectivity index (χ4v) is 2.98. The zero-order chi connectivity index (χ0) is 10.2. The second kappa shape index (κ2) is 3.65. The highest BCUT2D eigenvalue weighted by Gasteiger charge is 2.21. The van der Waals surface area contributed by atoms with Crippen LogP contribution in [0.2, 0.25) is 0 Å². The van der Waals surface area contributed by atoms with E-state index in [1.54, 1.807) is 5.56 Å². The van der Waals surface area contributed by atoms with Crippen LogP contribution in [0.15, 0.2) is 11.4 Å². The first-order valence-electron chi connectivity index (χ1n) is 5.11. The third-order valence-electron chi connectivity index (χ3n) is 2.53. The minimum absolute atomic E-state index is 0.0746. The molecular weight excluding hydrogens is 192 g/mol. The van der Waals surface area contributed by atoms with E-state index in [-0.39, 0.29) is 5.54 Å². The van der Waals surface area contributed by atoms with Gasteiger partial charge >= 0.3 is 0 Å². The van der Waals surface area contributed by atoms with Crippen molar-refractivity contribution in [1.82, 2.24) is 4.90 Å². The Balaban J connectivity index is 2.01. The molecule has 0 bridgehead atoms. The molecule has 78 valence electrons. The summed E-state index contributed by atoms with van der Waals surface area (Å²) in [6.07, 6.45) is 1.19. The fraction of sp³-hybridized carbons (Fsp3) is 0.636. The zero-order valence-corrected chi connectivity index (χ0v) is 9.73. The largest absolute Gasteiger partial charge is 0.324 e. The fourth-order valence-electron chi connectivity index (χ4n) is 2.00. The second-order valence-electron chi connectivity index (χ2n) is 4.82. The predicted octanol–water partition coefficient (Wildman–Crippen LogP) is 1.84. The SMILES string of the molecule is CC(C)(N)CN1CCc2ccsc2C1. The molecule has 2 rings (SSSR count). The second-order valence-corrected chi connectivity index (χ2v) is 5.82. The van der Waals surface area contributed by atoms with Crippen molar-refractivity contribution < 1.29 is 0 Å². The van der Waals surface area contributed by atoms with Gasteiger partial charge in [0.15, 0.2) is 0 Å². The van der Waals surface area contributed by atoms with Crippen LogP contribution >= 0.6 is 11.3 Å². The third-order valence-corrected chi connectivity index (χ3v) is 3.48. The first-order chi connectivity index (χ1) is 6.54. The van der Waals surface area contributed by atoms with E-state index in [1.807, 2.05) is 11.3 Å². The van der Waals surface area contributed by atoms with Crippen molar-refractivity contribution in [3.63, 3.8) is 0 Å². The Labute approximate surface area is 89.7 Å². The maximum absolute atomic E-state index is 6.02. The van der Waals surface area contributed by atoms with Gasteiger partial charge < -0.3 is 5.73 Å². The molecule has 0 aliphatic carbocycles. The summed E-state index contributed by atoms with van der Waals surface area (Å²) in [7, 11) is 0. The van der Waals surface area contributed by atoms with Gasteiger partial charge in [0.05, 0.1) is 0 Å². The third kappa shape index (κ3) is 2.35. The van der Waals surface area contributed by atoms with Crippen molar-refractivity contribution in [3.8, 4) is 0 Å². The summed E-state index contributed by atoms with van der Waals surface area (Å²) in [6.45, 7) is 7.43. The highest BCUT2D eigenvalue weighted by atomic mass is 32.1. The monoisotopic (exact) mass is 210 g/mol. The molecule has 1 aromatic rings. The Hall–Kier alpha value is -0.380. The van der Waals surface area contributed by atoms with E-state index in [4.69, 9.17) is 5.73 Å². The standard InChI is InChI=1S/C11H18N2S/c1-11(2,12)8-13-5-3-9-4-6-14-10(9)7-13/h4,6H,3,5,7-8,12H2,1-2H3. The van der Waals surface area contributed by atoms with Crippen molar-refractivity contribution in [2.24, 2.45) is 5.73 Å². The quantitative estimate of drug-likeness (QED) is 0.807. The molecule has 1 aliphatic heterocycles. The lowest BCUT2D eigenvalue weighted by atomic mass is 10.0. The van der Waals surface area contributed by atoms with Crippen LogP contribution in [0.4, 0.5) is 0 Å². The Bertz CT molecular complexity index is 311. The maximum atomic E-state index is 6.02. The summed E-state index contributed by atoms with van der Waals surface area (Å²) in [5, 5.41) is 2.20. The molecule has 2 heterocycles. The van der Waals surface area contributed by atoms with Gasteiger partial charge in [0.1, 0.15) is 0 Å². The molecule has 14 heavy (non-hydrogen) atoms. The van der Waals surface area contributed by atoms with E-state index in [9.17, 15) is 0 Å². The van der Waals surface area contributed by atoms with Gasteiger partial charge in [0, 0.05) is 30.1 Å². The molecule has 0 saturated carbocycles. The molecule has 0 radical (unpaired) electrons. The predicted molar refractivity (Wildman–Crippen MR) is 61.6 cm³/mol. The van der Waals surface area contributed by atoms with E-state index in [0.717, 1.165) is 19.6 Å². The lowest BCUT2D eigenvalue weighted by Crippen LogP contribution is -2.46. The van der Waals surface area contributed by atoms with Gasteiger partial charge in [-0.25, -0.2) is 0 Å². The lowest BCUT2D eigenvalue weighted by Gasteiger charge is -2.32. The number of rotatable bonds is 2. The summed E-state index contributed by atoms with van der Waals surface area (Å²) in [6, 6.07) is 2.25. The van der Waals surface area contributed by atoms with Gasteiger partial charge in [-0.1, -0.05) is 0 Å². The van der Waals surface area contributed by atoms with Crippen LogP contribution in [0.25, 0.3) is 0 Å². The first-order valence-corrected chi connectivity index (χ1v) is 5.99. The topological polar surface area (TPSA) is 29.3 Å². The molecule has 0 amide bonds. The smallest absolute Gasteiger partial charge is 0.0331 e. The van der Waals surface area contributed by atoms with Crippen LogP contribution in [-0.4, -0.2) is 23.5 Å². The van der Waals surface area contributed by atoms with E-state index in [0.29, 0.717) is 0 Å². The summed E-state index contributed by atoms with van der Waals surface area (Å²) in [4.78, 5) is 3.99. The molecule has 3 heteroatoms. The minimum atomic E-state index is -0.0746. The Morgan fingerprint density at radius 2 is 2.36 bits per heavy atom. The van der Waals surface area contributed by atoms with Crippen molar-refractivity contribution in [2.45, 2.75) is 32.4 Å². The summed E-state index contributed by atoms with van der Waals surface area (Å²) in [5.74, 6) is 0. The number of hydrogen-bond donors (Lipinski definition) is 1. The van der Waals surface area contributed by atoms with Gasteiger partial charge in [-0.15, -0.1) is 11.3 Å². The van der Waals surface area contributed by atoms with Gasteiger partial charge in [-0.05, 0) is 37.3 Å².